The highest BCUT2D eigenvalue weighted by molar-refractivity contribution is 6.41. The zero-order valence-electron chi connectivity index (χ0n) is 22.5. The molecule has 0 amide bonds. The standard InChI is InChI=1S/C40H22O2/c1-3-13-28-25(10-1)26-11-2-4-14-29(26)38-36(28)30-15-5-6-16-31(30)37-33-21-20-23(22-35(33)42-40(37)38)24-17-9-18-32-27-12-7-8-19-34(27)41-39(24)32/h1-22H. The van der Waals surface area contributed by atoms with Crippen LogP contribution in [0.2, 0.25) is 0 Å². The van der Waals surface area contributed by atoms with Gasteiger partial charge in [-0.3, -0.25) is 0 Å². The zero-order valence-corrected chi connectivity index (χ0v) is 22.5. The number of benzene rings is 8. The quantitative estimate of drug-likeness (QED) is 0.196. The summed E-state index contributed by atoms with van der Waals surface area (Å²) in [7, 11) is 0. The van der Waals surface area contributed by atoms with Crippen molar-refractivity contribution < 1.29 is 8.83 Å². The minimum Gasteiger partial charge on any atom is -0.455 e. The van der Waals surface area contributed by atoms with Gasteiger partial charge < -0.3 is 8.83 Å². The molecule has 194 valence electrons. The molecule has 0 saturated heterocycles. The van der Waals surface area contributed by atoms with Gasteiger partial charge in [-0.25, -0.2) is 0 Å². The van der Waals surface area contributed by atoms with E-state index in [4.69, 9.17) is 8.83 Å². The summed E-state index contributed by atoms with van der Waals surface area (Å²) in [6.07, 6.45) is 0. The highest BCUT2D eigenvalue weighted by Gasteiger charge is 2.21. The Balaban J connectivity index is 1.37. The van der Waals surface area contributed by atoms with Gasteiger partial charge in [0.25, 0.3) is 0 Å². The molecular weight excluding hydrogens is 512 g/mol. The molecule has 0 spiro atoms. The monoisotopic (exact) mass is 534 g/mol. The van der Waals surface area contributed by atoms with E-state index in [2.05, 4.69) is 121 Å². The molecule has 2 heterocycles. The van der Waals surface area contributed by atoms with Gasteiger partial charge >= 0.3 is 0 Å². The van der Waals surface area contributed by atoms with Gasteiger partial charge in [-0.2, -0.15) is 0 Å². The maximum atomic E-state index is 6.93. The number of para-hydroxylation sites is 2. The van der Waals surface area contributed by atoms with Gasteiger partial charge in [0.15, 0.2) is 0 Å². The van der Waals surface area contributed by atoms with Crippen molar-refractivity contribution in [3.63, 3.8) is 0 Å². The van der Waals surface area contributed by atoms with Crippen LogP contribution in [-0.2, 0) is 0 Å². The molecule has 10 aromatic rings. The molecule has 0 N–H and O–H groups in total. The largest absolute Gasteiger partial charge is 0.455 e. The highest BCUT2D eigenvalue weighted by Crippen LogP contribution is 2.47. The normalized spacial score (nSPS) is 12.3. The molecule has 8 aromatic carbocycles. The van der Waals surface area contributed by atoms with Gasteiger partial charge in [0.1, 0.15) is 22.3 Å². The Morgan fingerprint density at radius 3 is 1.60 bits per heavy atom. The second-order valence-electron chi connectivity index (χ2n) is 11.2. The molecule has 0 fully saturated rings. The highest BCUT2D eigenvalue weighted by atomic mass is 16.3. The lowest BCUT2D eigenvalue weighted by atomic mass is 9.89. The van der Waals surface area contributed by atoms with Crippen LogP contribution in [0.15, 0.2) is 142 Å². The van der Waals surface area contributed by atoms with Crippen LogP contribution >= 0.6 is 0 Å². The van der Waals surface area contributed by atoms with Gasteiger partial charge in [-0.1, -0.05) is 115 Å². The van der Waals surface area contributed by atoms with Crippen LogP contribution in [0.25, 0.3) is 98.1 Å². The maximum Gasteiger partial charge on any atom is 0.144 e. The number of hydrogen-bond acceptors (Lipinski definition) is 2. The minimum absolute atomic E-state index is 0.880. The molecule has 0 atom stereocenters. The smallest absolute Gasteiger partial charge is 0.144 e. The topological polar surface area (TPSA) is 26.3 Å². The van der Waals surface area contributed by atoms with Crippen molar-refractivity contribution in [2.24, 2.45) is 0 Å². The molecule has 2 aromatic heterocycles. The zero-order chi connectivity index (χ0) is 27.4. The SMILES string of the molecule is c1ccc2c(c1)oc1c(-c3ccc4c(c3)oc3c4c4ccccc4c4c5ccccc5c5ccccc5c34)cccc12. The summed E-state index contributed by atoms with van der Waals surface area (Å²) in [6.45, 7) is 0. The van der Waals surface area contributed by atoms with E-state index < -0.39 is 0 Å². The van der Waals surface area contributed by atoms with Crippen LogP contribution in [0, 0.1) is 0 Å². The van der Waals surface area contributed by atoms with Crippen molar-refractivity contribution in [1.82, 2.24) is 0 Å². The summed E-state index contributed by atoms with van der Waals surface area (Å²) in [4.78, 5) is 0. The van der Waals surface area contributed by atoms with Crippen molar-refractivity contribution in [3.05, 3.63) is 133 Å². The first-order chi connectivity index (χ1) is 20.8. The number of rotatable bonds is 1. The summed E-state index contributed by atoms with van der Waals surface area (Å²) in [5, 5.41) is 14.4. The Bertz CT molecular complexity index is 2740. The van der Waals surface area contributed by atoms with E-state index in [9.17, 15) is 0 Å². The van der Waals surface area contributed by atoms with Gasteiger partial charge in [0.2, 0.25) is 0 Å². The molecule has 10 rings (SSSR count). The third-order valence-electron chi connectivity index (χ3n) is 9.03. The first-order valence-electron chi connectivity index (χ1n) is 14.4. The van der Waals surface area contributed by atoms with Crippen LogP contribution < -0.4 is 0 Å². The summed E-state index contributed by atoms with van der Waals surface area (Å²) in [5.41, 5.74) is 5.78. The van der Waals surface area contributed by atoms with Gasteiger partial charge in [0.05, 0.1) is 0 Å². The fourth-order valence-corrected chi connectivity index (χ4v) is 7.26. The third kappa shape index (κ3) is 2.78. The Morgan fingerprint density at radius 1 is 0.310 bits per heavy atom. The lowest BCUT2D eigenvalue weighted by molar-refractivity contribution is 0.669. The molecule has 0 saturated carbocycles. The Kier molecular flexibility index (Phi) is 4.21. The fraction of sp³-hybridized carbons (Fsp3) is 0. The van der Waals surface area contributed by atoms with Gasteiger partial charge in [-0.05, 0) is 56.1 Å². The molecule has 42 heavy (non-hydrogen) atoms. The first kappa shape index (κ1) is 22.1. The molecule has 0 aliphatic heterocycles. The third-order valence-corrected chi connectivity index (χ3v) is 9.03. The van der Waals surface area contributed by atoms with E-state index in [1.54, 1.807) is 0 Å². The molecule has 0 unspecified atom stereocenters. The summed E-state index contributed by atoms with van der Waals surface area (Å²) >= 11 is 0. The van der Waals surface area contributed by atoms with E-state index in [0.29, 0.717) is 0 Å². The average molecular weight is 535 g/mol. The maximum absolute atomic E-state index is 6.93. The molecule has 0 radical (unpaired) electrons. The van der Waals surface area contributed by atoms with Crippen LogP contribution in [0.4, 0.5) is 0 Å². The van der Waals surface area contributed by atoms with Gasteiger partial charge in [-0.15, -0.1) is 0 Å². The predicted octanol–water partition coefficient (Wildman–Crippen LogP) is 11.8. The predicted molar refractivity (Wildman–Crippen MR) is 176 cm³/mol. The summed E-state index contributed by atoms with van der Waals surface area (Å²) in [5.74, 6) is 0. The van der Waals surface area contributed by atoms with Crippen molar-refractivity contribution in [1.29, 1.82) is 0 Å². The van der Waals surface area contributed by atoms with Crippen LogP contribution in [0.5, 0.6) is 0 Å². The Labute approximate surface area is 240 Å². The molecule has 0 aliphatic carbocycles. The van der Waals surface area contributed by atoms with Crippen LogP contribution in [0.3, 0.4) is 0 Å². The number of fused-ring (bicyclic) bond motifs is 16. The van der Waals surface area contributed by atoms with Crippen LogP contribution in [-0.4, -0.2) is 0 Å². The Hall–Kier alpha value is -5.60. The average Bonchev–Trinajstić information content (AvgIpc) is 3.63. The molecular formula is C40H22O2. The van der Waals surface area contributed by atoms with Crippen molar-refractivity contribution in [3.8, 4) is 11.1 Å². The lowest BCUT2D eigenvalue weighted by Gasteiger charge is -2.13. The van der Waals surface area contributed by atoms with Crippen molar-refractivity contribution in [2.75, 3.05) is 0 Å². The summed E-state index contributed by atoms with van der Waals surface area (Å²) < 4.78 is 13.3. The molecule has 2 nitrogen and oxygen atoms in total. The van der Waals surface area contributed by atoms with E-state index in [-0.39, 0.29) is 0 Å². The van der Waals surface area contributed by atoms with Crippen LogP contribution in [0.1, 0.15) is 0 Å². The number of hydrogen-bond donors (Lipinski definition) is 0. The fourth-order valence-electron chi connectivity index (χ4n) is 7.26. The minimum atomic E-state index is 0.880. The molecule has 0 aliphatic rings. The summed E-state index contributed by atoms with van der Waals surface area (Å²) in [6, 6.07) is 47.5. The second kappa shape index (κ2) is 7.99. The van der Waals surface area contributed by atoms with Crippen molar-refractivity contribution in [2.45, 2.75) is 0 Å². The molecule has 0 bridgehead atoms. The lowest BCUT2D eigenvalue weighted by Crippen LogP contribution is -1.86. The molecule has 2 heteroatoms. The van der Waals surface area contributed by atoms with E-state index in [0.717, 1.165) is 49.6 Å². The van der Waals surface area contributed by atoms with Crippen molar-refractivity contribution >= 4 is 87.0 Å². The Morgan fingerprint density at radius 2 is 0.857 bits per heavy atom. The first-order valence-corrected chi connectivity index (χ1v) is 14.4. The van der Waals surface area contributed by atoms with Gasteiger partial charge in [0, 0.05) is 37.9 Å². The van der Waals surface area contributed by atoms with E-state index in [1.807, 2.05) is 12.1 Å². The van der Waals surface area contributed by atoms with E-state index >= 15 is 0 Å². The van der Waals surface area contributed by atoms with E-state index in [1.165, 1.54) is 48.5 Å². The number of furan rings is 2. The second-order valence-corrected chi connectivity index (χ2v) is 11.2.